The summed E-state index contributed by atoms with van der Waals surface area (Å²) >= 11 is 0. The molecular formula is C21H40N2O. The molecule has 0 aliphatic heterocycles. The number of rotatable bonds is 16. The predicted molar refractivity (Wildman–Crippen MR) is 104 cm³/mol. The van der Waals surface area contributed by atoms with Crippen molar-refractivity contribution in [3.8, 4) is 0 Å². The number of unbranched alkanes of at least 4 members (excludes halogenated alkanes) is 12. The number of carbonyl (C=O) groups is 1. The molecule has 1 aliphatic rings. The molecule has 1 aliphatic carbocycles. The van der Waals surface area contributed by atoms with Gasteiger partial charge in [-0.15, -0.1) is 0 Å². The molecule has 0 aromatic rings. The number of hydrogen-bond acceptors (Lipinski definition) is 2. The minimum Gasteiger partial charge on any atom is -0.401 e. The lowest BCUT2D eigenvalue weighted by atomic mass is 10.0. The first kappa shape index (κ1) is 21.1. The van der Waals surface area contributed by atoms with E-state index in [2.05, 4.69) is 18.8 Å². The van der Waals surface area contributed by atoms with Crippen LogP contribution in [0.5, 0.6) is 0 Å². The Morgan fingerprint density at radius 2 is 1.29 bits per heavy atom. The fourth-order valence-electron chi connectivity index (χ4n) is 3.28. The molecule has 1 rings (SSSR count). The van der Waals surface area contributed by atoms with E-state index in [1.165, 1.54) is 77.0 Å². The van der Waals surface area contributed by atoms with Gasteiger partial charge in [0.1, 0.15) is 0 Å². The molecule has 0 unspecified atom stereocenters. The SMILES string of the molecule is C=C(N)C1(NC(=O)CCCCCCCCCCCCCCC)CC1. The molecule has 0 heterocycles. The van der Waals surface area contributed by atoms with E-state index in [9.17, 15) is 4.79 Å². The molecule has 0 saturated heterocycles. The molecule has 1 fully saturated rings. The van der Waals surface area contributed by atoms with Gasteiger partial charge in [0.15, 0.2) is 0 Å². The third-order valence-electron chi connectivity index (χ3n) is 5.25. The van der Waals surface area contributed by atoms with Crippen LogP contribution in [0.2, 0.25) is 0 Å². The average Bonchev–Trinajstić information content (AvgIpc) is 3.32. The third-order valence-corrected chi connectivity index (χ3v) is 5.25. The lowest BCUT2D eigenvalue weighted by Crippen LogP contribution is -2.40. The molecule has 1 amide bonds. The highest BCUT2D eigenvalue weighted by molar-refractivity contribution is 5.77. The van der Waals surface area contributed by atoms with Crippen LogP contribution in [0.25, 0.3) is 0 Å². The highest BCUT2D eigenvalue weighted by Crippen LogP contribution is 2.39. The summed E-state index contributed by atoms with van der Waals surface area (Å²) < 4.78 is 0. The predicted octanol–water partition coefficient (Wildman–Crippen LogP) is 5.59. The second kappa shape index (κ2) is 12.4. The van der Waals surface area contributed by atoms with Crippen molar-refractivity contribution >= 4 is 5.91 Å². The van der Waals surface area contributed by atoms with Crippen LogP contribution < -0.4 is 11.1 Å². The normalized spacial score (nSPS) is 15.2. The number of carbonyl (C=O) groups excluding carboxylic acids is 1. The van der Waals surface area contributed by atoms with E-state index in [0.29, 0.717) is 12.1 Å². The fraction of sp³-hybridized carbons (Fsp3) is 0.857. The van der Waals surface area contributed by atoms with Crippen LogP contribution in [0.4, 0.5) is 0 Å². The molecule has 3 N–H and O–H groups in total. The van der Waals surface area contributed by atoms with Gasteiger partial charge in [0.2, 0.25) is 5.91 Å². The summed E-state index contributed by atoms with van der Waals surface area (Å²) in [6.07, 6.45) is 19.9. The van der Waals surface area contributed by atoms with Gasteiger partial charge < -0.3 is 11.1 Å². The van der Waals surface area contributed by atoms with E-state index in [0.717, 1.165) is 19.3 Å². The summed E-state index contributed by atoms with van der Waals surface area (Å²) in [5.74, 6) is 0.141. The lowest BCUT2D eigenvalue weighted by molar-refractivity contribution is -0.121. The van der Waals surface area contributed by atoms with E-state index in [1.54, 1.807) is 0 Å². The van der Waals surface area contributed by atoms with Gasteiger partial charge in [-0.05, 0) is 19.3 Å². The zero-order chi connectivity index (χ0) is 17.7. The molecule has 3 nitrogen and oxygen atoms in total. The number of amides is 1. The molecule has 0 radical (unpaired) electrons. The highest BCUT2D eigenvalue weighted by Gasteiger charge is 2.45. The zero-order valence-electron chi connectivity index (χ0n) is 16.0. The Hall–Kier alpha value is -0.990. The van der Waals surface area contributed by atoms with E-state index >= 15 is 0 Å². The van der Waals surface area contributed by atoms with Crippen LogP contribution in [-0.2, 0) is 4.79 Å². The Kier molecular flexibility index (Phi) is 10.9. The average molecular weight is 337 g/mol. The summed E-state index contributed by atoms with van der Waals surface area (Å²) in [5, 5.41) is 3.05. The Bertz CT molecular complexity index is 361. The van der Waals surface area contributed by atoms with Gasteiger partial charge in [0.05, 0.1) is 5.54 Å². The van der Waals surface area contributed by atoms with E-state index in [-0.39, 0.29) is 11.4 Å². The van der Waals surface area contributed by atoms with Crippen molar-refractivity contribution in [1.82, 2.24) is 5.32 Å². The van der Waals surface area contributed by atoms with Crippen LogP contribution >= 0.6 is 0 Å². The van der Waals surface area contributed by atoms with Crippen LogP contribution in [0.1, 0.15) is 110 Å². The summed E-state index contributed by atoms with van der Waals surface area (Å²) in [7, 11) is 0. The second-order valence-corrected chi connectivity index (χ2v) is 7.65. The molecule has 24 heavy (non-hydrogen) atoms. The van der Waals surface area contributed by atoms with Gasteiger partial charge in [-0.1, -0.05) is 90.6 Å². The van der Waals surface area contributed by atoms with Crippen molar-refractivity contribution in [2.45, 2.75) is 115 Å². The summed E-state index contributed by atoms with van der Waals surface area (Å²) in [6.45, 7) is 6.05. The molecule has 3 heteroatoms. The maximum absolute atomic E-state index is 11.9. The van der Waals surface area contributed by atoms with Gasteiger partial charge in [0.25, 0.3) is 0 Å². The maximum atomic E-state index is 11.9. The summed E-state index contributed by atoms with van der Waals surface area (Å²) in [6, 6.07) is 0. The minimum absolute atomic E-state index is 0.141. The van der Waals surface area contributed by atoms with Gasteiger partial charge in [0, 0.05) is 12.1 Å². The summed E-state index contributed by atoms with van der Waals surface area (Å²) in [4.78, 5) is 11.9. The molecular weight excluding hydrogens is 296 g/mol. The molecule has 0 atom stereocenters. The highest BCUT2D eigenvalue weighted by atomic mass is 16.1. The van der Waals surface area contributed by atoms with Gasteiger partial charge in [-0.2, -0.15) is 0 Å². The smallest absolute Gasteiger partial charge is 0.220 e. The van der Waals surface area contributed by atoms with Crippen molar-refractivity contribution in [3.05, 3.63) is 12.3 Å². The largest absolute Gasteiger partial charge is 0.401 e. The molecule has 1 saturated carbocycles. The van der Waals surface area contributed by atoms with E-state index in [4.69, 9.17) is 5.73 Å². The standard InChI is InChI=1S/C21H40N2O/c1-3-4-5-6-7-8-9-10-11-12-13-14-15-16-20(24)23-21(17-18-21)19(2)22/h2-18,22H2,1H3,(H,23,24). The third kappa shape index (κ3) is 9.34. The van der Waals surface area contributed by atoms with E-state index < -0.39 is 0 Å². The Morgan fingerprint density at radius 3 is 1.67 bits per heavy atom. The first-order valence-electron chi connectivity index (χ1n) is 10.4. The monoisotopic (exact) mass is 336 g/mol. The number of hydrogen-bond donors (Lipinski definition) is 2. The number of nitrogens with one attached hydrogen (secondary N) is 1. The van der Waals surface area contributed by atoms with Crippen LogP contribution in [-0.4, -0.2) is 11.4 Å². The topological polar surface area (TPSA) is 55.1 Å². The van der Waals surface area contributed by atoms with Crippen LogP contribution in [0, 0.1) is 0 Å². The van der Waals surface area contributed by atoms with Crippen molar-refractivity contribution in [1.29, 1.82) is 0 Å². The van der Waals surface area contributed by atoms with Crippen molar-refractivity contribution < 1.29 is 4.79 Å². The molecule has 0 aromatic heterocycles. The fourth-order valence-corrected chi connectivity index (χ4v) is 3.28. The van der Waals surface area contributed by atoms with E-state index in [1.807, 2.05) is 0 Å². The quantitative estimate of drug-likeness (QED) is 0.361. The molecule has 140 valence electrons. The summed E-state index contributed by atoms with van der Waals surface area (Å²) in [5.41, 5.74) is 6.10. The maximum Gasteiger partial charge on any atom is 0.220 e. The minimum atomic E-state index is -0.256. The Labute approximate surface area is 149 Å². The van der Waals surface area contributed by atoms with Gasteiger partial charge >= 0.3 is 0 Å². The Balaban J connectivity index is 1.81. The number of nitrogens with two attached hydrogens (primary N) is 1. The molecule has 0 aromatic carbocycles. The zero-order valence-corrected chi connectivity index (χ0v) is 16.0. The molecule has 0 bridgehead atoms. The van der Waals surface area contributed by atoms with Crippen molar-refractivity contribution in [3.63, 3.8) is 0 Å². The first-order chi connectivity index (χ1) is 11.6. The van der Waals surface area contributed by atoms with Crippen molar-refractivity contribution in [2.75, 3.05) is 0 Å². The molecule has 0 spiro atoms. The van der Waals surface area contributed by atoms with Crippen LogP contribution in [0.3, 0.4) is 0 Å². The lowest BCUT2D eigenvalue weighted by Gasteiger charge is -2.16. The van der Waals surface area contributed by atoms with Crippen LogP contribution in [0.15, 0.2) is 12.3 Å². The van der Waals surface area contributed by atoms with Crippen molar-refractivity contribution in [2.24, 2.45) is 5.73 Å². The van der Waals surface area contributed by atoms with Gasteiger partial charge in [-0.25, -0.2) is 0 Å². The van der Waals surface area contributed by atoms with Gasteiger partial charge in [-0.3, -0.25) is 4.79 Å². The first-order valence-corrected chi connectivity index (χ1v) is 10.4. The Morgan fingerprint density at radius 1 is 0.875 bits per heavy atom. The second-order valence-electron chi connectivity index (χ2n) is 7.65.